The molecule has 0 amide bonds. The first-order chi connectivity index (χ1) is 13.3. The fraction of sp³-hybridized carbons (Fsp3) is 0.269. The number of benzene rings is 1. The maximum atomic E-state index is 6.50. The molecule has 1 unspecified atom stereocenters. The second-order valence-electron chi connectivity index (χ2n) is 6.95. The molecule has 0 saturated heterocycles. The Morgan fingerprint density at radius 1 is 1.14 bits per heavy atom. The molecule has 0 aliphatic heterocycles. The smallest absolute Gasteiger partial charge is 0.0474 e. The van der Waals surface area contributed by atoms with E-state index in [9.17, 15) is 0 Å². The number of allylic oxidation sites excluding steroid dienone is 6. The van der Waals surface area contributed by atoms with E-state index in [-0.39, 0.29) is 5.41 Å². The van der Waals surface area contributed by atoms with Crippen molar-refractivity contribution in [3.8, 4) is 0 Å². The fourth-order valence-electron chi connectivity index (χ4n) is 2.90. The minimum atomic E-state index is -0.153. The van der Waals surface area contributed by atoms with Gasteiger partial charge in [0.25, 0.3) is 0 Å². The van der Waals surface area contributed by atoms with Crippen LogP contribution in [0.5, 0.6) is 0 Å². The Balaban J connectivity index is 0.000000892. The normalized spacial score (nSPS) is 13.4. The Morgan fingerprint density at radius 3 is 2.25 bits per heavy atom. The van der Waals surface area contributed by atoms with Gasteiger partial charge in [0.1, 0.15) is 0 Å². The number of rotatable bonds is 7. The summed E-state index contributed by atoms with van der Waals surface area (Å²) in [6.45, 7) is 18.2. The molecule has 1 N–H and O–H groups in total. The van der Waals surface area contributed by atoms with Gasteiger partial charge in [-0.1, -0.05) is 80.3 Å². The molecule has 0 bridgehead atoms. The highest BCUT2D eigenvalue weighted by Crippen LogP contribution is 2.43. The third-order valence-corrected chi connectivity index (χ3v) is 5.95. The standard InChI is InChI=1S/C23H26S.C3H7N/c1-6-9-13-19(8-3)21-16-17-22(24-21)23(5,18(4)7-2)20-14-11-10-12-15-20;1-3(2)4/h6,8-17H,1,4,7H2,2-3,5H3;4H,1-2H3/b13-9-,19-8+;. The van der Waals surface area contributed by atoms with Crippen molar-refractivity contribution in [2.45, 2.75) is 46.5 Å². The molecular weight excluding hydrogens is 358 g/mol. The lowest BCUT2D eigenvalue weighted by Crippen LogP contribution is -2.24. The highest BCUT2D eigenvalue weighted by atomic mass is 32.1. The third kappa shape index (κ3) is 6.03. The molecule has 1 aromatic carbocycles. The second-order valence-corrected chi connectivity index (χ2v) is 8.03. The highest BCUT2D eigenvalue weighted by molar-refractivity contribution is 7.13. The summed E-state index contributed by atoms with van der Waals surface area (Å²) in [5.74, 6) is 0. The maximum absolute atomic E-state index is 6.50. The summed E-state index contributed by atoms with van der Waals surface area (Å²) in [7, 11) is 0. The van der Waals surface area contributed by atoms with Crippen LogP contribution in [0.15, 0.2) is 85.5 Å². The molecule has 28 heavy (non-hydrogen) atoms. The molecule has 0 fully saturated rings. The number of hydrogen-bond acceptors (Lipinski definition) is 2. The van der Waals surface area contributed by atoms with E-state index >= 15 is 0 Å². The first-order valence-corrected chi connectivity index (χ1v) is 10.4. The molecule has 0 saturated carbocycles. The number of nitrogens with one attached hydrogen (secondary N) is 1. The third-order valence-electron chi connectivity index (χ3n) is 4.59. The van der Waals surface area contributed by atoms with Gasteiger partial charge in [-0.3, -0.25) is 0 Å². The van der Waals surface area contributed by atoms with Crippen molar-refractivity contribution in [1.82, 2.24) is 0 Å². The largest absolute Gasteiger partial charge is 0.310 e. The maximum Gasteiger partial charge on any atom is 0.0474 e. The minimum absolute atomic E-state index is 0.153. The van der Waals surface area contributed by atoms with E-state index in [1.54, 1.807) is 13.8 Å². The van der Waals surface area contributed by atoms with Gasteiger partial charge in [0.15, 0.2) is 0 Å². The zero-order valence-electron chi connectivity index (χ0n) is 17.9. The summed E-state index contributed by atoms with van der Waals surface area (Å²) in [6.07, 6.45) is 9.01. The Morgan fingerprint density at radius 2 is 1.75 bits per heavy atom. The minimum Gasteiger partial charge on any atom is -0.310 e. The van der Waals surface area contributed by atoms with Crippen molar-refractivity contribution in [2.75, 3.05) is 0 Å². The number of hydrogen-bond donors (Lipinski definition) is 1. The lowest BCUT2D eigenvalue weighted by molar-refractivity contribution is 0.665. The second kappa shape index (κ2) is 11.4. The quantitative estimate of drug-likeness (QED) is 0.279. The summed E-state index contributed by atoms with van der Waals surface area (Å²) in [4.78, 5) is 2.61. The monoisotopic (exact) mass is 391 g/mol. The summed E-state index contributed by atoms with van der Waals surface area (Å²) < 4.78 is 0. The first-order valence-electron chi connectivity index (χ1n) is 9.62. The molecule has 2 aromatic rings. The Bertz CT molecular complexity index is 848. The van der Waals surface area contributed by atoms with Crippen LogP contribution in [0, 0.1) is 5.41 Å². The Kier molecular flexibility index (Phi) is 9.61. The van der Waals surface area contributed by atoms with Crippen LogP contribution in [0.4, 0.5) is 0 Å². The molecule has 0 aliphatic carbocycles. The van der Waals surface area contributed by atoms with E-state index in [1.165, 1.54) is 26.5 Å². The van der Waals surface area contributed by atoms with Gasteiger partial charge in [0.2, 0.25) is 0 Å². The van der Waals surface area contributed by atoms with Gasteiger partial charge in [-0.05, 0) is 57.4 Å². The Labute approximate surface area is 175 Å². The Hall–Kier alpha value is -2.45. The molecule has 148 valence electrons. The van der Waals surface area contributed by atoms with E-state index in [4.69, 9.17) is 5.41 Å². The summed E-state index contributed by atoms with van der Waals surface area (Å²) in [5.41, 5.74) is 4.28. The fourth-order valence-corrected chi connectivity index (χ4v) is 4.18. The highest BCUT2D eigenvalue weighted by Gasteiger charge is 2.32. The number of thiophene rings is 1. The van der Waals surface area contributed by atoms with Gasteiger partial charge in [-0.25, -0.2) is 0 Å². The van der Waals surface area contributed by atoms with Gasteiger partial charge in [-0.15, -0.1) is 11.3 Å². The molecule has 0 radical (unpaired) electrons. The van der Waals surface area contributed by atoms with Crippen LogP contribution in [0.25, 0.3) is 5.57 Å². The van der Waals surface area contributed by atoms with Crippen molar-refractivity contribution in [2.24, 2.45) is 0 Å². The van der Waals surface area contributed by atoms with Crippen LogP contribution in [-0.2, 0) is 5.41 Å². The van der Waals surface area contributed by atoms with E-state index < -0.39 is 0 Å². The predicted molar refractivity (Wildman–Crippen MR) is 129 cm³/mol. The van der Waals surface area contributed by atoms with Crippen molar-refractivity contribution in [3.05, 3.63) is 101 Å². The van der Waals surface area contributed by atoms with Crippen LogP contribution in [0.1, 0.15) is 56.4 Å². The van der Waals surface area contributed by atoms with E-state index in [2.05, 4.69) is 88.5 Å². The predicted octanol–water partition coefficient (Wildman–Crippen LogP) is 8.21. The zero-order valence-corrected chi connectivity index (χ0v) is 18.7. The molecule has 1 atom stereocenters. The zero-order chi connectivity index (χ0) is 21.2. The molecule has 2 heteroatoms. The van der Waals surface area contributed by atoms with E-state index in [0.717, 1.165) is 6.42 Å². The van der Waals surface area contributed by atoms with Crippen molar-refractivity contribution in [3.63, 3.8) is 0 Å². The van der Waals surface area contributed by atoms with Crippen molar-refractivity contribution >= 4 is 22.6 Å². The lowest BCUT2D eigenvalue weighted by atomic mass is 9.74. The molecule has 0 aliphatic rings. The van der Waals surface area contributed by atoms with Crippen LogP contribution in [0.3, 0.4) is 0 Å². The van der Waals surface area contributed by atoms with Crippen LogP contribution in [0.2, 0.25) is 0 Å². The summed E-state index contributed by atoms with van der Waals surface area (Å²) in [6, 6.07) is 15.1. The lowest BCUT2D eigenvalue weighted by Gasteiger charge is -2.31. The van der Waals surface area contributed by atoms with E-state index in [0.29, 0.717) is 5.71 Å². The van der Waals surface area contributed by atoms with Gasteiger partial charge >= 0.3 is 0 Å². The average Bonchev–Trinajstić information content (AvgIpc) is 3.18. The molecule has 2 rings (SSSR count). The van der Waals surface area contributed by atoms with Crippen LogP contribution >= 0.6 is 11.3 Å². The topological polar surface area (TPSA) is 23.9 Å². The van der Waals surface area contributed by atoms with Crippen molar-refractivity contribution < 1.29 is 0 Å². The molecule has 0 spiro atoms. The first kappa shape index (κ1) is 23.6. The SMILES string of the molecule is C=C/C=C\C(=C/C)c1ccc(C(C)(C(=C)CC)c2ccccc2)s1.CC(C)=N. The molecule has 1 nitrogen and oxygen atoms in total. The van der Waals surface area contributed by atoms with E-state index in [1.807, 2.05) is 23.5 Å². The summed E-state index contributed by atoms with van der Waals surface area (Å²) >= 11 is 1.85. The average molecular weight is 392 g/mol. The van der Waals surface area contributed by atoms with Gasteiger partial charge in [0, 0.05) is 20.9 Å². The van der Waals surface area contributed by atoms with Crippen LogP contribution in [-0.4, -0.2) is 5.71 Å². The molecule has 1 heterocycles. The van der Waals surface area contributed by atoms with Gasteiger partial charge in [-0.2, -0.15) is 0 Å². The summed E-state index contributed by atoms with van der Waals surface area (Å²) in [5, 5.41) is 6.50. The molecule has 1 aromatic heterocycles. The van der Waals surface area contributed by atoms with Gasteiger partial charge in [0.05, 0.1) is 0 Å². The van der Waals surface area contributed by atoms with Crippen molar-refractivity contribution in [1.29, 1.82) is 5.41 Å². The van der Waals surface area contributed by atoms with Gasteiger partial charge < -0.3 is 5.41 Å². The van der Waals surface area contributed by atoms with Crippen LogP contribution < -0.4 is 0 Å². The molecular formula is C26H33NS.